The van der Waals surface area contributed by atoms with E-state index in [0.717, 1.165) is 5.56 Å². The Kier molecular flexibility index (Phi) is 5.11. The number of anilines is 1. The maximum absolute atomic E-state index is 12.3. The summed E-state index contributed by atoms with van der Waals surface area (Å²) in [6.07, 6.45) is -1.24. The molecule has 1 aliphatic rings. The quantitative estimate of drug-likeness (QED) is 0.742. The van der Waals surface area contributed by atoms with Crippen LogP contribution in [0.2, 0.25) is 0 Å². The fraction of sp³-hybridized carbons (Fsp3) is 0.111. The van der Waals surface area contributed by atoms with Crippen molar-refractivity contribution in [2.24, 2.45) is 0 Å². The van der Waals surface area contributed by atoms with Gasteiger partial charge in [-0.25, -0.2) is 9.59 Å². The number of cyclic esters (lactones) is 1. The highest BCUT2D eigenvalue weighted by Gasteiger charge is 2.36. The Bertz CT molecular complexity index is 864. The molecule has 1 aliphatic heterocycles. The first-order valence-corrected chi connectivity index (χ1v) is 8.52. The van der Waals surface area contributed by atoms with Gasteiger partial charge >= 0.3 is 11.9 Å². The molecule has 0 spiro atoms. The monoisotopic (exact) mass is 421 g/mol. The van der Waals surface area contributed by atoms with Gasteiger partial charge in [-0.1, -0.05) is 41.4 Å². The molecule has 5 nitrogen and oxygen atoms in total. The first kappa shape index (κ1) is 17.5. The summed E-state index contributed by atoms with van der Waals surface area (Å²) in [4.78, 5) is 24.1. The maximum atomic E-state index is 12.3. The molecule has 0 radical (unpaired) electrons. The van der Waals surface area contributed by atoms with Gasteiger partial charge < -0.3 is 14.8 Å². The summed E-state index contributed by atoms with van der Waals surface area (Å²) in [6, 6.07) is 14.2. The number of aryl methyl sites for hydroxylation is 1. The second-order valence-electron chi connectivity index (χ2n) is 5.34. The van der Waals surface area contributed by atoms with Gasteiger partial charge in [0, 0.05) is 10.2 Å². The van der Waals surface area contributed by atoms with E-state index >= 15 is 0 Å². The second-order valence-corrected chi connectivity index (χ2v) is 6.57. The smallest absolute Gasteiger partial charge is 0.355 e. The van der Waals surface area contributed by atoms with Gasteiger partial charge in [-0.15, -0.1) is 0 Å². The number of hydrogen-bond donors (Lipinski definition) is 1. The van der Waals surface area contributed by atoms with Crippen LogP contribution in [0.3, 0.4) is 0 Å². The third-order valence-electron chi connectivity index (χ3n) is 3.50. The lowest BCUT2D eigenvalue weighted by Gasteiger charge is -2.16. The van der Waals surface area contributed by atoms with Gasteiger partial charge in [0.05, 0.1) is 5.56 Å². The number of benzene rings is 2. The Morgan fingerprint density at radius 2 is 1.88 bits per heavy atom. The van der Waals surface area contributed by atoms with E-state index < -0.39 is 18.2 Å². The lowest BCUT2D eigenvalue weighted by atomic mass is 10.2. The Morgan fingerprint density at radius 1 is 1.20 bits per heavy atom. The first-order chi connectivity index (χ1) is 12.0. The number of rotatable bonds is 4. The zero-order chi connectivity index (χ0) is 18.0. The lowest BCUT2D eigenvalue weighted by molar-refractivity contribution is -0.152. The van der Waals surface area contributed by atoms with Crippen molar-refractivity contribution in [3.63, 3.8) is 0 Å². The number of esters is 2. The van der Waals surface area contributed by atoms with E-state index in [1.807, 2.05) is 31.2 Å². The van der Waals surface area contributed by atoms with Crippen molar-refractivity contribution < 1.29 is 19.1 Å². The van der Waals surface area contributed by atoms with Crippen molar-refractivity contribution >= 4 is 45.2 Å². The van der Waals surface area contributed by atoms with Crippen molar-refractivity contribution in [3.05, 3.63) is 74.9 Å². The maximum Gasteiger partial charge on any atom is 0.355 e. The molecular formula is C18H13BrClNO4. The van der Waals surface area contributed by atoms with Crippen LogP contribution in [0.15, 0.2) is 63.7 Å². The van der Waals surface area contributed by atoms with Crippen molar-refractivity contribution in [3.8, 4) is 0 Å². The molecule has 0 amide bonds. The molecule has 0 saturated heterocycles. The third kappa shape index (κ3) is 3.86. The summed E-state index contributed by atoms with van der Waals surface area (Å²) in [5, 5.41) is 2.84. The van der Waals surface area contributed by atoms with Gasteiger partial charge in [0.2, 0.25) is 0 Å². The molecular weight excluding hydrogens is 410 g/mol. The van der Waals surface area contributed by atoms with Gasteiger partial charge in [0.1, 0.15) is 5.70 Å². The van der Waals surface area contributed by atoms with Crippen molar-refractivity contribution in [1.82, 2.24) is 0 Å². The normalized spacial score (nSPS) is 16.6. The van der Waals surface area contributed by atoms with Crippen LogP contribution in [0, 0.1) is 6.92 Å². The molecule has 1 atom stereocenters. The topological polar surface area (TPSA) is 64.6 Å². The van der Waals surface area contributed by atoms with Crippen LogP contribution in [0.1, 0.15) is 15.9 Å². The van der Waals surface area contributed by atoms with E-state index in [1.54, 1.807) is 24.3 Å². The van der Waals surface area contributed by atoms with E-state index in [0.29, 0.717) is 15.7 Å². The molecule has 0 bridgehead atoms. The molecule has 25 heavy (non-hydrogen) atoms. The third-order valence-corrected chi connectivity index (χ3v) is 4.55. The molecule has 128 valence electrons. The predicted octanol–water partition coefficient (Wildman–Crippen LogP) is 4.36. The van der Waals surface area contributed by atoms with E-state index in [2.05, 4.69) is 21.2 Å². The summed E-state index contributed by atoms with van der Waals surface area (Å²) in [6.45, 7) is 1.96. The SMILES string of the molecule is Cc1ccc(NC2=C(Cl)C(=O)O[C@H]2OC(=O)c2ccccc2Br)cc1. The lowest BCUT2D eigenvalue weighted by Crippen LogP contribution is -2.24. The molecule has 2 aromatic carbocycles. The summed E-state index contributed by atoms with van der Waals surface area (Å²) in [7, 11) is 0. The molecule has 7 heteroatoms. The molecule has 3 rings (SSSR count). The zero-order valence-electron chi connectivity index (χ0n) is 13.1. The van der Waals surface area contributed by atoms with Crippen molar-refractivity contribution in [2.45, 2.75) is 13.2 Å². The highest BCUT2D eigenvalue weighted by molar-refractivity contribution is 9.10. The molecule has 0 aromatic heterocycles. The second kappa shape index (κ2) is 7.29. The Hall–Kier alpha value is -2.31. The molecule has 0 unspecified atom stereocenters. The van der Waals surface area contributed by atoms with Crippen LogP contribution in [-0.4, -0.2) is 18.2 Å². The highest BCUT2D eigenvalue weighted by atomic mass is 79.9. The number of nitrogens with one attached hydrogen (secondary N) is 1. The number of carbonyl (C=O) groups excluding carboxylic acids is 2. The fourth-order valence-electron chi connectivity index (χ4n) is 2.20. The summed E-state index contributed by atoms with van der Waals surface area (Å²) < 4.78 is 10.9. The Morgan fingerprint density at radius 3 is 2.56 bits per heavy atom. The summed E-state index contributed by atoms with van der Waals surface area (Å²) in [5.74, 6) is -1.39. The van der Waals surface area contributed by atoms with Crippen LogP contribution in [0.5, 0.6) is 0 Å². The van der Waals surface area contributed by atoms with Crippen LogP contribution >= 0.6 is 27.5 Å². The van der Waals surface area contributed by atoms with E-state index in [-0.39, 0.29) is 10.7 Å². The largest absolute Gasteiger partial charge is 0.415 e. The van der Waals surface area contributed by atoms with Crippen LogP contribution in [0.4, 0.5) is 5.69 Å². The Labute approximate surface area is 157 Å². The van der Waals surface area contributed by atoms with Crippen molar-refractivity contribution in [2.75, 3.05) is 5.32 Å². The van der Waals surface area contributed by atoms with Crippen LogP contribution < -0.4 is 5.32 Å². The number of hydrogen-bond acceptors (Lipinski definition) is 5. The number of carbonyl (C=O) groups is 2. The molecule has 1 heterocycles. The van der Waals surface area contributed by atoms with Crippen LogP contribution in [0.25, 0.3) is 0 Å². The molecule has 0 fully saturated rings. The average Bonchev–Trinajstić information content (AvgIpc) is 2.84. The number of halogens is 2. The van der Waals surface area contributed by atoms with Crippen molar-refractivity contribution in [1.29, 1.82) is 0 Å². The molecule has 0 aliphatic carbocycles. The first-order valence-electron chi connectivity index (χ1n) is 7.35. The molecule has 2 aromatic rings. The van der Waals surface area contributed by atoms with E-state index in [9.17, 15) is 9.59 Å². The summed E-state index contributed by atoms with van der Waals surface area (Å²) >= 11 is 9.29. The molecule has 1 N–H and O–H groups in total. The van der Waals surface area contributed by atoms with Gasteiger partial charge in [-0.3, -0.25) is 0 Å². The average molecular weight is 423 g/mol. The number of ether oxygens (including phenoxy) is 2. The molecule has 0 saturated carbocycles. The predicted molar refractivity (Wildman–Crippen MR) is 97.1 cm³/mol. The minimum absolute atomic E-state index is 0.148. The van der Waals surface area contributed by atoms with Crippen LogP contribution in [-0.2, 0) is 14.3 Å². The Balaban J connectivity index is 1.80. The van der Waals surface area contributed by atoms with Gasteiger partial charge in [0.15, 0.2) is 5.03 Å². The minimum atomic E-state index is -1.24. The van der Waals surface area contributed by atoms with E-state index in [1.165, 1.54) is 0 Å². The van der Waals surface area contributed by atoms with E-state index in [4.69, 9.17) is 21.1 Å². The minimum Gasteiger partial charge on any atom is -0.415 e. The van der Waals surface area contributed by atoms with Gasteiger partial charge in [0.25, 0.3) is 6.29 Å². The van der Waals surface area contributed by atoms with Gasteiger partial charge in [-0.2, -0.15) is 0 Å². The highest BCUT2D eigenvalue weighted by Crippen LogP contribution is 2.29. The summed E-state index contributed by atoms with van der Waals surface area (Å²) in [5.41, 5.74) is 2.28. The fourth-order valence-corrected chi connectivity index (χ4v) is 2.83. The van der Waals surface area contributed by atoms with Gasteiger partial charge in [-0.05, 0) is 47.1 Å². The zero-order valence-corrected chi connectivity index (χ0v) is 15.4. The standard InChI is InChI=1S/C18H13BrClNO4/c1-10-6-8-11(9-7-10)21-15-14(20)17(23)25-18(15)24-16(22)12-4-2-3-5-13(12)19/h2-9,18,21H,1H3/t18-/m1/s1.